The Morgan fingerprint density at radius 3 is 2.81 bits per heavy atom. The molecule has 3 heterocycles. The van der Waals surface area contributed by atoms with Crippen LogP contribution in [0.1, 0.15) is 12.1 Å². The predicted molar refractivity (Wildman–Crippen MR) is 112 cm³/mol. The number of anilines is 1. The number of carbonyl (C=O) groups excluding carboxylic acids is 2. The van der Waals surface area contributed by atoms with Crippen molar-refractivity contribution >= 4 is 23.5 Å². The number of amides is 2. The van der Waals surface area contributed by atoms with E-state index in [1.54, 1.807) is 41.7 Å². The van der Waals surface area contributed by atoms with Crippen LogP contribution in [0.15, 0.2) is 61.1 Å². The lowest BCUT2D eigenvalue weighted by Gasteiger charge is -2.16. The van der Waals surface area contributed by atoms with Crippen LogP contribution in [0.2, 0.25) is 0 Å². The van der Waals surface area contributed by atoms with Gasteiger partial charge in [0.1, 0.15) is 6.54 Å². The SMILES string of the molecule is O=C(O)Cn1cc(-c2cccc(NC(=O)[C@@H]3CC(=O)N(Cc4ccccn4)C3)c2)cn1. The van der Waals surface area contributed by atoms with Gasteiger partial charge in [0.15, 0.2) is 0 Å². The van der Waals surface area contributed by atoms with E-state index in [2.05, 4.69) is 15.4 Å². The third-order valence-electron chi connectivity index (χ3n) is 5.06. The van der Waals surface area contributed by atoms with Gasteiger partial charge >= 0.3 is 5.97 Å². The highest BCUT2D eigenvalue weighted by molar-refractivity contribution is 5.97. The smallest absolute Gasteiger partial charge is 0.325 e. The van der Waals surface area contributed by atoms with E-state index in [1.165, 1.54) is 4.68 Å². The summed E-state index contributed by atoms with van der Waals surface area (Å²) in [6, 6.07) is 12.7. The molecule has 1 saturated heterocycles. The molecule has 9 heteroatoms. The van der Waals surface area contributed by atoms with Crippen molar-refractivity contribution in [2.75, 3.05) is 11.9 Å². The van der Waals surface area contributed by atoms with Crippen LogP contribution in [-0.2, 0) is 27.5 Å². The summed E-state index contributed by atoms with van der Waals surface area (Å²) in [6.07, 6.45) is 5.06. The van der Waals surface area contributed by atoms with Crippen LogP contribution in [0.3, 0.4) is 0 Å². The largest absolute Gasteiger partial charge is 0.480 e. The lowest BCUT2D eigenvalue weighted by atomic mass is 10.1. The molecule has 1 aliphatic heterocycles. The molecular weight excluding hydrogens is 398 g/mol. The first kappa shape index (κ1) is 20.3. The number of aliphatic carboxylic acids is 1. The van der Waals surface area contributed by atoms with E-state index in [-0.39, 0.29) is 24.8 Å². The fourth-order valence-corrected chi connectivity index (χ4v) is 3.55. The molecule has 0 aliphatic carbocycles. The maximum Gasteiger partial charge on any atom is 0.325 e. The molecule has 0 spiro atoms. The van der Waals surface area contributed by atoms with E-state index in [4.69, 9.17) is 5.11 Å². The number of likely N-dealkylation sites (tertiary alicyclic amines) is 1. The summed E-state index contributed by atoms with van der Waals surface area (Å²) in [5, 5.41) is 15.8. The molecule has 2 N–H and O–H groups in total. The quantitative estimate of drug-likeness (QED) is 0.605. The molecule has 2 aromatic heterocycles. The number of hydrogen-bond donors (Lipinski definition) is 2. The molecular formula is C22H21N5O4. The molecule has 9 nitrogen and oxygen atoms in total. The topological polar surface area (TPSA) is 117 Å². The second kappa shape index (κ2) is 8.78. The number of nitrogens with zero attached hydrogens (tertiary/aromatic N) is 4. The standard InChI is InChI=1S/C22H21N5O4/c28-20-9-16(11-26(20)13-19-5-1-2-7-23-19)22(31)25-18-6-3-4-15(8-18)17-10-24-27(12-17)14-21(29)30/h1-8,10,12,16H,9,11,13-14H2,(H,25,31)(H,29,30)/t16-/m1/s1. The maximum absolute atomic E-state index is 12.7. The van der Waals surface area contributed by atoms with Gasteiger partial charge in [0.25, 0.3) is 0 Å². The second-order valence-electron chi connectivity index (χ2n) is 7.39. The van der Waals surface area contributed by atoms with Crippen molar-refractivity contribution in [3.8, 4) is 11.1 Å². The number of benzene rings is 1. The van der Waals surface area contributed by atoms with E-state index in [0.717, 1.165) is 16.8 Å². The number of hydrogen-bond acceptors (Lipinski definition) is 5. The van der Waals surface area contributed by atoms with E-state index >= 15 is 0 Å². The Hall–Kier alpha value is -4.01. The zero-order chi connectivity index (χ0) is 21.8. The first-order chi connectivity index (χ1) is 15.0. The zero-order valence-corrected chi connectivity index (χ0v) is 16.6. The number of carboxylic acid groups (broad SMARTS) is 1. The van der Waals surface area contributed by atoms with Gasteiger partial charge in [-0.25, -0.2) is 0 Å². The van der Waals surface area contributed by atoms with Crippen molar-refractivity contribution in [2.24, 2.45) is 5.92 Å². The molecule has 31 heavy (non-hydrogen) atoms. The Labute approximate surface area is 178 Å². The lowest BCUT2D eigenvalue weighted by molar-refractivity contribution is -0.138. The minimum Gasteiger partial charge on any atom is -0.480 e. The molecule has 0 saturated carbocycles. The van der Waals surface area contributed by atoms with Crippen LogP contribution < -0.4 is 5.32 Å². The van der Waals surface area contributed by atoms with Crippen molar-refractivity contribution in [1.29, 1.82) is 0 Å². The number of pyridine rings is 1. The summed E-state index contributed by atoms with van der Waals surface area (Å²) < 4.78 is 1.34. The maximum atomic E-state index is 12.7. The first-order valence-corrected chi connectivity index (χ1v) is 9.81. The molecule has 1 fully saturated rings. The molecule has 1 atom stereocenters. The molecule has 158 valence electrons. The minimum absolute atomic E-state index is 0.0644. The van der Waals surface area contributed by atoms with Gasteiger partial charge in [0.2, 0.25) is 11.8 Å². The van der Waals surface area contributed by atoms with Crippen LogP contribution in [0.5, 0.6) is 0 Å². The number of aromatic nitrogens is 3. The summed E-state index contributed by atoms with van der Waals surface area (Å²) in [7, 11) is 0. The van der Waals surface area contributed by atoms with E-state index in [0.29, 0.717) is 18.8 Å². The fourth-order valence-electron chi connectivity index (χ4n) is 3.55. The second-order valence-corrected chi connectivity index (χ2v) is 7.39. The van der Waals surface area contributed by atoms with Crippen LogP contribution in [0.25, 0.3) is 11.1 Å². The molecule has 4 rings (SSSR count). The van der Waals surface area contributed by atoms with E-state index < -0.39 is 11.9 Å². The molecule has 3 aromatic rings. The van der Waals surface area contributed by atoms with E-state index in [9.17, 15) is 14.4 Å². The normalized spacial score (nSPS) is 15.8. The summed E-state index contributed by atoms with van der Waals surface area (Å²) in [4.78, 5) is 41.8. The highest BCUT2D eigenvalue weighted by Gasteiger charge is 2.34. The number of carboxylic acids is 1. The van der Waals surface area contributed by atoms with Crippen molar-refractivity contribution in [3.63, 3.8) is 0 Å². The Morgan fingerprint density at radius 1 is 1.16 bits per heavy atom. The predicted octanol–water partition coefficient (Wildman–Crippen LogP) is 2.02. The van der Waals surface area contributed by atoms with Gasteiger partial charge in [-0.1, -0.05) is 18.2 Å². The third-order valence-corrected chi connectivity index (χ3v) is 5.06. The Kier molecular flexibility index (Phi) is 5.74. The van der Waals surface area contributed by atoms with Crippen molar-refractivity contribution in [3.05, 3.63) is 66.7 Å². The Bertz CT molecular complexity index is 1110. The van der Waals surface area contributed by atoms with Gasteiger partial charge in [0, 0.05) is 36.6 Å². The first-order valence-electron chi connectivity index (χ1n) is 9.81. The van der Waals surface area contributed by atoms with Crippen LogP contribution in [0.4, 0.5) is 5.69 Å². The van der Waals surface area contributed by atoms with Crippen molar-refractivity contribution in [2.45, 2.75) is 19.5 Å². The average molecular weight is 419 g/mol. The summed E-state index contributed by atoms with van der Waals surface area (Å²) in [5.74, 6) is -1.68. The molecule has 0 bridgehead atoms. The van der Waals surface area contributed by atoms with Crippen molar-refractivity contribution in [1.82, 2.24) is 19.7 Å². The highest BCUT2D eigenvalue weighted by Crippen LogP contribution is 2.25. The van der Waals surface area contributed by atoms with Gasteiger partial charge < -0.3 is 15.3 Å². The van der Waals surface area contributed by atoms with Gasteiger partial charge in [-0.15, -0.1) is 0 Å². The van der Waals surface area contributed by atoms with Gasteiger partial charge in [-0.2, -0.15) is 5.10 Å². The van der Waals surface area contributed by atoms with Crippen molar-refractivity contribution < 1.29 is 19.5 Å². The highest BCUT2D eigenvalue weighted by atomic mass is 16.4. The number of rotatable bonds is 7. The lowest BCUT2D eigenvalue weighted by Crippen LogP contribution is -2.28. The summed E-state index contributed by atoms with van der Waals surface area (Å²) in [5.41, 5.74) is 2.93. The van der Waals surface area contributed by atoms with Crippen LogP contribution >= 0.6 is 0 Å². The summed E-state index contributed by atoms with van der Waals surface area (Å²) >= 11 is 0. The number of nitrogens with one attached hydrogen (secondary N) is 1. The van der Waals surface area contributed by atoms with Gasteiger partial charge in [-0.3, -0.25) is 24.0 Å². The molecule has 1 aromatic carbocycles. The zero-order valence-electron chi connectivity index (χ0n) is 16.6. The molecule has 1 aliphatic rings. The monoisotopic (exact) mass is 419 g/mol. The minimum atomic E-state index is -0.973. The van der Waals surface area contributed by atoms with Crippen LogP contribution in [0, 0.1) is 5.92 Å². The molecule has 0 unspecified atom stereocenters. The van der Waals surface area contributed by atoms with Gasteiger partial charge in [0.05, 0.1) is 24.4 Å². The Balaban J connectivity index is 1.40. The summed E-state index contributed by atoms with van der Waals surface area (Å²) in [6.45, 7) is 0.517. The van der Waals surface area contributed by atoms with Crippen LogP contribution in [-0.4, -0.2) is 49.1 Å². The number of carbonyl (C=O) groups is 3. The Morgan fingerprint density at radius 2 is 2.03 bits per heavy atom. The molecule has 2 amide bonds. The van der Waals surface area contributed by atoms with E-state index in [1.807, 2.05) is 24.3 Å². The van der Waals surface area contributed by atoms with Gasteiger partial charge in [-0.05, 0) is 29.8 Å². The third kappa shape index (κ3) is 4.95. The fraction of sp³-hybridized carbons (Fsp3) is 0.227. The molecule has 0 radical (unpaired) electrons. The average Bonchev–Trinajstić information content (AvgIpc) is 3.35.